The Balaban J connectivity index is 2.36. The van der Waals surface area contributed by atoms with Crippen molar-refractivity contribution in [3.8, 4) is 0 Å². The minimum Gasteiger partial charge on any atom is -0.396 e. The number of hydrogen-bond donors (Lipinski definition) is 1. The van der Waals surface area contributed by atoms with Crippen molar-refractivity contribution >= 4 is 33.0 Å². The van der Waals surface area contributed by atoms with Crippen LogP contribution in [0.3, 0.4) is 0 Å². The van der Waals surface area contributed by atoms with Crippen LogP contribution in [0.15, 0.2) is 29.6 Å². The lowest BCUT2D eigenvalue weighted by Gasteiger charge is -2.15. The first-order valence-electron chi connectivity index (χ1n) is 5.07. The molecular formula is C12H13NO2S. The van der Waals surface area contributed by atoms with Crippen LogP contribution in [0.5, 0.6) is 0 Å². The number of benzene rings is 1. The molecule has 0 saturated heterocycles. The van der Waals surface area contributed by atoms with Gasteiger partial charge in [0.15, 0.2) is 0 Å². The van der Waals surface area contributed by atoms with E-state index in [0.29, 0.717) is 0 Å². The maximum atomic E-state index is 11.7. The van der Waals surface area contributed by atoms with E-state index in [0.717, 1.165) is 11.1 Å². The van der Waals surface area contributed by atoms with E-state index in [2.05, 4.69) is 0 Å². The number of hydrogen-bond acceptors (Lipinski definition) is 3. The third-order valence-corrected chi connectivity index (χ3v) is 3.47. The third kappa shape index (κ3) is 1.94. The van der Waals surface area contributed by atoms with Gasteiger partial charge in [0.05, 0.1) is 18.7 Å². The summed E-state index contributed by atoms with van der Waals surface area (Å²) >= 11 is 1.62. The van der Waals surface area contributed by atoms with Gasteiger partial charge in [-0.2, -0.15) is 0 Å². The first-order valence-corrected chi connectivity index (χ1v) is 5.95. The fourth-order valence-corrected chi connectivity index (χ4v) is 2.60. The van der Waals surface area contributed by atoms with Crippen LogP contribution in [0.4, 0.5) is 5.69 Å². The SMILES string of the molecule is CN(C(=O)CCO)c1csc2ccccc12. The van der Waals surface area contributed by atoms with E-state index in [1.807, 2.05) is 29.6 Å². The molecule has 0 aliphatic rings. The molecule has 4 heteroatoms. The average molecular weight is 235 g/mol. The van der Waals surface area contributed by atoms with Crippen LogP contribution >= 0.6 is 11.3 Å². The number of nitrogens with zero attached hydrogens (tertiary/aromatic N) is 1. The lowest BCUT2D eigenvalue weighted by atomic mass is 10.2. The van der Waals surface area contributed by atoms with Gasteiger partial charge < -0.3 is 10.0 Å². The molecule has 1 heterocycles. The topological polar surface area (TPSA) is 40.5 Å². The van der Waals surface area contributed by atoms with E-state index in [1.165, 1.54) is 4.70 Å². The number of fused-ring (bicyclic) bond motifs is 1. The smallest absolute Gasteiger partial charge is 0.229 e. The Kier molecular flexibility index (Phi) is 3.22. The number of anilines is 1. The van der Waals surface area contributed by atoms with Crippen LogP contribution in [0.25, 0.3) is 10.1 Å². The maximum absolute atomic E-state index is 11.7. The van der Waals surface area contributed by atoms with Gasteiger partial charge in [0.25, 0.3) is 0 Å². The van der Waals surface area contributed by atoms with Crippen LogP contribution in [0, 0.1) is 0 Å². The average Bonchev–Trinajstić information content (AvgIpc) is 2.72. The quantitative estimate of drug-likeness (QED) is 0.886. The second kappa shape index (κ2) is 4.63. The fraction of sp³-hybridized carbons (Fsp3) is 0.250. The van der Waals surface area contributed by atoms with Crippen LogP contribution in [-0.2, 0) is 4.79 Å². The molecule has 2 rings (SSSR count). The van der Waals surface area contributed by atoms with E-state index < -0.39 is 0 Å². The van der Waals surface area contributed by atoms with Crippen LogP contribution in [-0.4, -0.2) is 24.7 Å². The third-order valence-electron chi connectivity index (χ3n) is 2.52. The van der Waals surface area contributed by atoms with Gasteiger partial charge in [0.1, 0.15) is 0 Å². The molecule has 1 aromatic carbocycles. The van der Waals surface area contributed by atoms with Crippen molar-refractivity contribution in [2.45, 2.75) is 6.42 Å². The largest absolute Gasteiger partial charge is 0.396 e. The maximum Gasteiger partial charge on any atom is 0.229 e. The van der Waals surface area contributed by atoms with Crippen molar-refractivity contribution in [3.63, 3.8) is 0 Å². The summed E-state index contributed by atoms with van der Waals surface area (Å²) < 4.78 is 1.17. The summed E-state index contributed by atoms with van der Waals surface area (Å²) in [5.41, 5.74) is 0.916. The van der Waals surface area contributed by atoms with Crippen molar-refractivity contribution in [2.24, 2.45) is 0 Å². The Morgan fingerprint density at radius 2 is 2.19 bits per heavy atom. The molecule has 0 radical (unpaired) electrons. The Bertz CT molecular complexity index is 506. The molecular weight excluding hydrogens is 222 g/mol. The molecule has 16 heavy (non-hydrogen) atoms. The minimum atomic E-state index is -0.106. The highest BCUT2D eigenvalue weighted by molar-refractivity contribution is 7.17. The predicted molar refractivity (Wildman–Crippen MR) is 66.9 cm³/mol. The van der Waals surface area contributed by atoms with E-state index in [4.69, 9.17) is 5.11 Å². The predicted octanol–water partition coefficient (Wildman–Crippen LogP) is 2.25. The molecule has 0 spiro atoms. The molecule has 0 fully saturated rings. The number of carbonyl (C=O) groups excluding carboxylic acids is 1. The van der Waals surface area contributed by atoms with Gasteiger partial charge in [-0.15, -0.1) is 11.3 Å². The van der Waals surface area contributed by atoms with E-state index in [9.17, 15) is 4.79 Å². The summed E-state index contributed by atoms with van der Waals surface area (Å²) in [7, 11) is 1.74. The minimum absolute atomic E-state index is 0.0638. The van der Waals surface area contributed by atoms with Crippen molar-refractivity contribution in [1.82, 2.24) is 0 Å². The lowest BCUT2D eigenvalue weighted by molar-refractivity contribution is -0.118. The molecule has 3 nitrogen and oxygen atoms in total. The summed E-state index contributed by atoms with van der Waals surface area (Å²) in [6.45, 7) is -0.106. The number of aliphatic hydroxyl groups excluding tert-OH is 1. The molecule has 2 aromatic rings. The molecule has 1 aromatic heterocycles. The first-order chi connectivity index (χ1) is 7.74. The molecule has 0 aliphatic carbocycles. The molecule has 0 atom stereocenters. The highest BCUT2D eigenvalue weighted by Crippen LogP contribution is 2.32. The Morgan fingerprint density at radius 3 is 2.94 bits per heavy atom. The molecule has 0 aliphatic heterocycles. The van der Waals surface area contributed by atoms with Crippen molar-refractivity contribution in [3.05, 3.63) is 29.6 Å². The highest BCUT2D eigenvalue weighted by atomic mass is 32.1. The summed E-state index contributed by atoms with van der Waals surface area (Å²) in [6.07, 6.45) is 0.167. The number of aliphatic hydroxyl groups is 1. The van der Waals surface area contributed by atoms with Crippen LogP contribution in [0.1, 0.15) is 6.42 Å². The Labute approximate surface area is 97.9 Å². The molecule has 0 unspecified atom stereocenters. The highest BCUT2D eigenvalue weighted by Gasteiger charge is 2.13. The molecule has 0 bridgehead atoms. The Morgan fingerprint density at radius 1 is 1.44 bits per heavy atom. The van der Waals surface area contributed by atoms with Gasteiger partial charge in [-0.3, -0.25) is 4.79 Å². The molecule has 0 saturated carbocycles. The van der Waals surface area contributed by atoms with E-state index >= 15 is 0 Å². The van der Waals surface area contributed by atoms with Crippen LogP contribution in [0.2, 0.25) is 0 Å². The zero-order valence-electron chi connectivity index (χ0n) is 9.01. The van der Waals surface area contributed by atoms with E-state index in [1.54, 1.807) is 23.3 Å². The van der Waals surface area contributed by atoms with E-state index in [-0.39, 0.29) is 18.9 Å². The second-order valence-corrected chi connectivity index (χ2v) is 4.45. The van der Waals surface area contributed by atoms with Crippen molar-refractivity contribution in [1.29, 1.82) is 0 Å². The van der Waals surface area contributed by atoms with Gasteiger partial charge in [-0.25, -0.2) is 0 Å². The monoisotopic (exact) mass is 235 g/mol. The fourth-order valence-electron chi connectivity index (χ4n) is 1.62. The summed E-state index contributed by atoms with van der Waals surface area (Å²) in [4.78, 5) is 13.3. The van der Waals surface area contributed by atoms with Gasteiger partial charge >= 0.3 is 0 Å². The molecule has 84 valence electrons. The van der Waals surface area contributed by atoms with Gasteiger partial charge in [-0.1, -0.05) is 18.2 Å². The summed E-state index contributed by atoms with van der Waals surface area (Å²) in [5.74, 6) is -0.0638. The number of thiophene rings is 1. The van der Waals surface area contributed by atoms with Crippen molar-refractivity contribution < 1.29 is 9.90 Å². The van der Waals surface area contributed by atoms with Gasteiger partial charge in [0.2, 0.25) is 5.91 Å². The zero-order valence-corrected chi connectivity index (χ0v) is 9.83. The zero-order chi connectivity index (χ0) is 11.5. The first kappa shape index (κ1) is 11.1. The van der Waals surface area contributed by atoms with Crippen molar-refractivity contribution in [2.75, 3.05) is 18.6 Å². The standard InChI is InChI=1S/C12H13NO2S/c1-13(12(15)6-7-14)10-8-16-11-5-3-2-4-9(10)11/h2-5,8,14H,6-7H2,1H3. The Hall–Kier alpha value is -1.39. The van der Waals surface area contributed by atoms with Gasteiger partial charge in [0, 0.05) is 22.5 Å². The molecule has 1 N–H and O–H groups in total. The summed E-state index contributed by atoms with van der Waals surface area (Å²) in [5, 5.41) is 11.8. The lowest BCUT2D eigenvalue weighted by Crippen LogP contribution is -2.26. The number of amides is 1. The normalized spacial score (nSPS) is 10.6. The van der Waals surface area contributed by atoms with Crippen LogP contribution < -0.4 is 4.90 Å². The number of rotatable bonds is 3. The summed E-state index contributed by atoms with van der Waals surface area (Å²) in [6, 6.07) is 7.98. The van der Waals surface area contributed by atoms with Gasteiger partial charge in [-0.05, 0) is 6.07 Å². The number of carbonyl (C=O) groups is 1. The molecule has 1 amide bonds. The second-order valence-electron chi connectivity index (χ2n) is 3.54.